The molecule has 0 aliphatic heterocycles. The van der Waals surface area contributed by atoms with Crippen molar-refractivity contribution in [3.8, 4) is 0 Å². The van der Waals surface area contributed by atoms with Crippen molar-refractivity contribution in [1.82, 2.24) is 5.32 Å². The van der Waals surface area contributed by atoms with Gasteiger partial charge in [0, 0.05) is 6.04 Å². The third kappa shape index (κ3) is 4.65. The molecule has 0 bridgehead atoms. The van der Waals surface area contributed by atoms with Crippen molar-refractivity contribution in [2.24, 2.45) is 40.4 Å². The van der Waals surface area contributed by atoms with Gasteiger partial charge in [0.15, 0.2) is 0 Å². The summed E-state index contributed by atoms with van der Waals surface area (Å²) >= 11 is 17.3. The Balaban J connectivity index is 1.67. The summed E-state index contributed by atoms with van der Waals surface area (Å²) in [7, 11) is 1.43. The minimum atomic E-state index is -1.71. The van der Waals surface area contributed by atoms with E-state index >= 15 is 0 Å². The van der Waals surface area contributed by atoms with Crippen LogP contribution in [0.5, 0.6) is 0 Å². The van der Waals surface area contributed by atoms with Crippen LogP contribution in [0.4, 0.5) is 4.79 Å². The number of hydrogen-bond donors (Lipinski definition) is 3. The Morgan fingerprint density at radius 2 is 1.74 bits per heavy atom. The van der Waals surface area contributed by atoms with Gasteiger partial charge < -0.3 is 25.0 Å². The number of methoxy groups -OCH3 is 1. The monoisotopic (exact) mass is 539 g/mol. The normalized spacial score (nSPS) is 46.0. The first-order valence-corrected chi connectivity index (χ1v) is 13.4. The predicted molar refractivity (Wildman–Crippen MR) is 129 cm³/mol. The van der Waals surface area contributed by atoms with E-state index in [0.29, 0.717) is 25.2 Å². The Bertz CT molecular complexity index is 808. The lowest BCUT2D eigenvalue weighted by molar-refractivity contribution is -0.174. The van der Waals surface area contributed by atoms with Crippen molar-refractivity contribution >= 4 is 46.9 Å². The van der Waals surface area contributed by atoms with Gasteiger partial charge in [-0.3, -0.25) is 4.79 Å². The Labute approximate surface area is 216 Å². The Morgan fingerprint density at radius 1 is 1.03 bits per heavy atom. The van der Waals surface area contributed by atoms with Crippen LogP contribution >= 0.6 is 34.8 Å². The van der Waals surface area contributed by atoms with E-state index in [1.54, 1.807) is 0 Å². The van der Waals surface area contributed by atoms with E-state index in [4.69, 9.17) is 44.3 Å². The molecule has 0 aromatic carbocycles. The fourth-order valence-electron chi connectivity index (χ4n) is 8.47. The van der Waals surface area contributed by atoms with Crippen molar-refractivity contribution in [2.45, 2.75) is 80.8 Å². The van der Waals surface area contributed by atoms with Gasteiger partial charge in [-0.25, -0.2) is 4.79 Å². The lowest BCUT2D eigenvalue weighted by Crippen LogP contribution is -2.64. The zero-order valence-electron chi connectivity index (χ0n) is 19.9. The number of nitrogens with one attached hydrogen (secondary N) is 1. The van der Waals surface area contributed by atoms with Crippen LogP contribution in [0.2, 0.25) is 0 Å². The summed E-state index contributed by atoms with van der Waals surface area (Å²) < 4.78 is 8.65. The highest BCUT2D eigenvalue weighted by Gasteiger charge is 2.65. The van der Waals surface area contributed by atoms with Crippen molar-refractivity contribution in [1.29, 1.82) is 0 Å². The first-order valence-electron chi connectivity index (χ1n) is 12.2. The molecule has 7 nitrogen and oxygen atoms in total. The lowest BCUT2D eigenvalue weighted by Gasteiger charge is -2.63. The molecule has 34 heavy (non-hydrogen) atoms. The van der Waals surface area contributed by atoms with E-state index in [1.807, 2.05) is 0 Å². The molecule has 4 aliphatic carbocycles. The van der Waals surface area contributed by atoms with E-state index in [9.17, 15) is 19.8 Å². The van der Waals surface area contributed by atoms with Crippen molar-refractivity contribution in [2.75, 3.05) is 13.7 Å². The number of hydrogen-bond acceptors (Lipinski definition) is 6. The molecule has 4 fully saturated rings. The maximum atomic E-state index is 12.8. The number of alkyl carbamates (subject to hydrolysis) is 1. The average molecular weight is 541 g/mol. The van der Waals surface area contributed by atoms with Gasteiger partial charge in [0.05, 0.1) is 25.2 Å². The van der Waals surface area contributed by atoms with Gasteiger partial charge in [0.2, 0.25) is 3.79 Å². The lowest BCUT2D eigenvalue weighted by atomic mass is 9.43. The molecule has 194 valence electrons. The zero-order chi connectivity index (χ0) is 25.1. The standard InChI is InChI=1S/C24H36Cl3NO6/c1-22-10-18(30)17(29)8-12(22)4-5-13-14-6-7-15(20(31)33-3)23(14,2)9-16(19(13)22)28-21(32)34-11-24(25,26)27/h12-19,29-30H,4-11H2,1-3H3,(H,28,32)/t12?,13-,14-,15?,16?,17?,18?,19-,22-,23-/m0/s1. The van der Waals surface area contributed by atoms with Gasteiger partial charge in [-0.15, -0.1) is 0 Å². The minimum absolute atomic E-state index is 0.0724. The fraction of sp³-hybridized carbons (Fsp3) is 0.917. The molecule has 5 unspecified atom stereocenters. The second kappa shape index (κ2) is 9.44. The molecule has 0 aromatic heterocycles. The molecule has 4 aliphatic rings. The first kappa shape index (κ1) is 26.6. The largest absolute Gasteiger partial charge is 0.469 e. The Kier molecular flexibility index (Phi) is 7.38. The second-order valence-corrected chi connectivity index (χ2v) is 14.0. The number of amides is 1. The minimum Gasteiger partial charge on any atom is -0.469 e. The molecule has 10 atom stereocenters. The number of carbonyl (C=O) groups is 2. The summed E-state index contributed by atoms with van der Waals surface area (Å²) in [5.74, 6) is 0.486. The van der Waals surface area contributed by atoms with Crippen LogP contribution in [0.1, 0.15) is 58.8 Å². The average Bonchev–Trinajstić information content (AvgIpc) is 3.09. The summed E-state index contributed by atoms with van der Waals surface area (Å²) in [6, 6.07) is -0.283. The number of halogens is 3. The number of rotatable bonds is 3. The fourth-order valence-corrected chi connectivity index (χ4v) is 8.63. The molecule has 4 saturated carbocycles. The van der Waals surface area contributed by atoms with Crippen molar-refractivity contribution < 1.29 is 29.3 Å². The topological polar surface area (TPSA) is 105 Å². The molecule has 0 aromatic rings. The number of ether oxygens (including phenoxy) is 2. The summed E-state index contributed by atoms with van der Waals surface area (Å²) in [4.78, 5) is 25.5. The number of aliphatic hydroxyl groups excluding tert-OH is 2. The van der Waals surface area contributed by atoms with Crippen LogP contribution in [0.25, 0.3) is 0 Å². The summed E-state index contributed by atoms with van der Waals surface area (Å²) in [5, 5.41) is 24.1. The van der Waals surface area contributed by atoms with Crippen LogP contribution in [-0.2, 0) is 14.3 Å². The number of esters is 1. The summed E-state index contributed by atoms with van der Waals surface area (Å²) in [6.07, 6.45) is 3.08. The third-order valence-corrected chi connectivity index (χ3v) is 10.1. The van der Waals surface area contributed by atoms with Gasteiger partial charge in [-0.2, -0.15) is 0 Å². The van der Waals surface area contributed by atoms with E-state index in [1.165, 1.54) is 7.11 Å². The predicted octanol–water partition coefficient (Wildman–Crippen LogP) is 4.22. The Morgan fingerprint density at radius 3 is 2.38 bits per heavy atom. The molecule has 0 heterocycles. The second-order valence-electron chi connectivity index (χ2n) is 11.5. The molecule has 10 heteroatoms. The summed E-state index contributed by atoms with van der Waals surface area (Å²) in [5.41, 5.74) is -0.586. The highest BCUT2D eigenvalue weighted by molar-refractivity contribution is 6.67. The number of alkyl halides is 3. The number of fused-ring (bicyclic) bond motifs is 5. The Hall–Kier alpha value is -0.470. The zero-order valence-corrected chi connectivity index (χ0v) is 22.2. The van der Waals surface area contributed by atoms with Crippen molar-refractivity contribution in [3.63, 3.8) is 0 Å². The molecule has 1 amide bonds. The third-order valence-electron chi connectivity index (χ3n) is 9.80. The number of carbonyl (C=O) groups excluding carboxylic acids is 2. The van der Waals surface area contributed by atoms with Gasteiger partial charge in [-0.1, -0.05) is 48.7 Å². The van der Waals surface area contributed by atoms with E-state index < -0.39 is 22.1 Å². The van der Waals surface area contributed by atoms with Gasteiger partial charge in [0.25, 0.3) is 0 Å². The van der Waals surface area contributed by atoms with Gasteiger partial charge in [0.1, 0.15) is 6.61 Å². The van der Waals surface area contributed by atoms with Crippen LogP contribution in [-0.4, -0.2) is 58.0 Å². The van der Waals surface area contributed by atoms with E-state index in [-0.39, 0.29) is 53.1 Å². The molecule has 0 radical (unpaired) electrons. The molecule has 0 saturated heterocycles. The number of aliphatic hydroxyl groups is 2. The van der Waals surface area contributed by atoms with Crippen LogP contribution < -0.4 is 5.32 Å². The SMILES string of the molecule is COC(=O)C1CC[C@H]2[C@@H]3CCC4CC(O)C(O)C[C@]4(C)[C@@H]3C(NC(=O)OCC(Cl)(Cl)Cl)C[C@]12C. The summed E-state index contributed by atoms with van der Waals surface area (Å²) in [6.45, 7) is 3.97. The highest BCUT2D eigenvalue weighted by atomic mass is 35.6. The van der Waals surface area contributed by atoms with Crippen LogP contribution in [0, 0.1) is 40.4 Å². The maximum absolute atomic E-state index is 12.8. The van der Waals surface area contributed by atoms with Gasteiger partial charge in [-0.05, 0) is 79.4 Å². The van der Waals surface area contributed by atoms with E-state index in [0.717, 1.165) is 25.7 Å². The molecular formula is C24H36Cl3NO6. The quantitative estimate of drug-likeness (QED) is 0.366. The van der Waals surface area contributed by atoms with Crippen LogP contribution in [0.3, 0.4) is 0 Å². The maximum Gasteiger partial charge on any atom is 0.407 e. The molecular weight excluding hydrogens is 505 g/mol. The highest BCUT2D eigenvalue weighted by Crippen LogP contribution is 2.67. The van der Waals surface area contributed by atoms with Crippen molar-refractivity contribution in [3.05, 3.63) is 0 Å². The smallest absolute Gasteiger partial charge is 0.407 e. The van der Waals surface area contributed by atoms with Crippen LogP contribution in [0.15, 0.2) is 0 Å². The molecule has 3 N–H and O–H groups in total. The molecule has 0 spiro atoms. The van der Waals surface area contributed by atoms with E-state index in [2.05, 4.69) is 19.2 Å². The van der Waals surface area contributed by atoms with Gasteiger partial charge >= 0.3 is 12.1 Å². The molecule has 4 rings (SSSR count). The first-order chi connectivity index (χ1) is 15.8.